The second kappa shape index (κ2) is 9.50. The number of pyridine rings is 1. The first-order chi connectivity index (χ1) is 11.7. The first-order valence-electron chi connectivity index (χ1n) is 8.01. The molecule has 1 unspecified atom stereocenters. The molecule has 0 saturated heterocycles. The fourth-order valence-electron chi connectivity index (χ4n) is 2.02. The molecule has 6 heteroatoms. The number of rotatable bonds is 7. The van der Waals surface area contributed by atoms with Gasteiger partial charge >= 0.3 is 0 Å². The quantitative estimate of drug-likeness (QED) is 0.605. The van der Waals surface area contributed by atoms with Crippen LogP contribution in [0.5, 0.6) is 5.75 Å². The Hall–Kier alpha value is -2.63. The molecule has 2 aromatic rings. The molecule has 128 valence electrons. The van der Waals surface area contributed by atoms with Crippen molar-refractivity contribution in [2.24, 2.45) is 4.99 Å². The Bertz CT molecular complexity index is 631. The minimum Gasteiger partial charge on any atom is -0.489 e. The Kier molecular flexibility index (Phi) is 7.01. The van der Waals surface area contributed by atoms with Crippen molar-refractivity contribution in [3.8, 4) is 5.75 Å². The maximum Gasteiger partial charge on any atom is 0.191 e. The molecule has 0 radical (unpaired) electrons. The molecule has 0 bridgehead atoms. The van der Waals surface area contributed by atoms with Gasteiger partial charge in [-0.1, -0.05) is 6.07 Å². The van der Waals surface area contributed by atoms with Gasteiger partial charge in [0.05, 0.1) is 18.8 Å². The van der Waals surface area contributed by atoms with E-state index in [0.29, 0.717) is 24.8 Å². The van der Waals surface area contributed by atoms with Crippen LogP contribution in [0.15, 0.2) is 53.7 Å². The van der Waals surface area contributed by atoms with Crippen LogP contribution in [0.1, 0.15) is 19.5 Å². The van der Waals surface area contributed by atoms with Crippen molar-refractivity contribution < 1.29 is 9.13 Å². The fraction of sp³-hybridized carbons (Fsp3) is 0.333. The first-order valence-corrected chi connectivity index (χ1v) is 8.01. The van der Waals surface area contributed by atoms with Gasteiger partial charge in [-0.25, -0.2) is 9.38 Å². The third kappa shape index (κ3) is 6.24. The van der Waals surface area contributed by atoms with Gasteiger partial charge in [-0.15, -0.1) is 0 Å². The van der Waals surface area contributed by atoms with E-state index in [0.717, 1.165) is 12.2 Å². The standard InChI is InChI=1S/C18H23FN4O/c1-3-20-18(23-13-16-6-4-5-11-21-16)22-12-14(2)24-17-9-7-15(19)8-10-17/h4-11,14H,3,12-13H2,1-2H3,(H2,20,22,23). The van der Waals surface area contributed by atoms with Crippen LogP contribution in [-0.4, -0.2) is 30.1 Å². The van der Waals surface area contributed by atoms with Crippen LogP contribution < -0.4 is 15.4 Å². The first kappa shape index (κ1) is 17.7. The van der Waals surface area contributed by atoms with E-state index in [1.165, 1.54) is 12.1 Å². The lowest BCUT2D eigenvalue weighted by Crippen LogP contribution is -2.41. The summed E-state index contributed by atoms with van der Waals surface area (Å²) in [6, 6.07) is 11.8. The van der Waals surface area contributed by atoms with E-state index in [4.69, 9.17) is 4.74 Å². The maximum absolute atomic E-state index is 12.9. The van der Waals surface area contributed by atoms with Crippen molar-refractivity contribution in [1.29, 1.82) is 0 Å². The van der Waals surface area contributed by atoms with E-state index in [1.807, 2.05) is 32.0 Å². The smallest absolute Gasteiger partial charge is 0.191 e. The highest BCUT2D eigenvalue weighted by atomic mass is 19.1. The van der Waals surface area contributed by atoms with Crippen LogP contribution in [-0.2, 0) is 6.54 Å². The van der Waals surface area contributed by atoms with Crippen molar-refractivity contribution in [2.75, 3.05) is 13.1 Å². The molecule has 24 heavy (non-hydrogen) atoms. The Labute approximate surface area is 142 Å². The largest absolute Gasteiger partial charge is 0.489 e. The molecule has 2 rings (SSSR count). The summed E-state index contributed by atoms with van der Waals surface area (Å²) in [6.07, 6.45) is 1.67. The van der Waals surface area contributed by atoms with Crippen molar-refractivity contribution in [1.82, 2.24) is 15.6 Å². The van der Waals surface area contributed by atoms with E-state index in [1.54, 1.807) is 18.3 Å². The lowest BCUT2D eigenvalue weighted by Gasteiger charge is -2.17. The average molecular weight is 330 g/mol. The Morgan fingerprint density at radius 3 is 2.67 bits per heavy atom. The number of ether oxygens (including phenoxy) is 1. The normalized spacial score (nSPS) is 12.5. The predicted octanol–water partition coefficient (Wildman–Crippen LogP) is 2.74. The summed E-state index contributed by atoms with van der Waals surface area (Å²) in [6.45, 7) is 5.80. The van der Waals surface area contributed by atoms with Crippen LogP contribution in [0.4, 0.5) is 4.39 Å². The van der Waals surface area contributed by atoms with Crippen LogP contribution in [0.3, 0.4) is 0 Å². The van der Waals surface area contributed by atoms with Crippen LogP contribution in [0.2, 0.25) is 0 Å². The van der Waals surface area contributed by atoms with E-state index in [9.17, 15) is 4.39 Å². The van der Waals surface area contributed by atoms with Gasteiger partial charge in [-0.3, -0.25) is 4.98 Å². The van der Waals surface area contributed by atoms with Gasteiger partial charge in [0.15, 0.2) is 5.96 Å². The molecule has 1 aromatic carbocycles. The summed E-state index contributed by atoms with van der Waals surface area (Å²) < 4.78 is 18.6. The van der Waals surface area contributed by atoms with E-state index < -0.39 is 0 Å². The number of benzene rings is 1. The Morgan fingerprint density at radius 2 is 2.00 bits per heavy atom. The van der Waals surface area contributed by atoms with Crippen LogP contribution in [0, 0.1) is 5.82 Å². The molecular formula is C18H23FN4O. The van der Waals surface area contributed by atoms with Gasteiger partial charge in [0.2, 0.25) is 0 Å². The lowest BCUT2D eigenvalue weighted by atomic mass is 10.3. The number of aromatic nitrogens is 1. The average Bonchev–Trinajstić information content (AvgIpc) is 2.60. The summed E-state index contributed by atoms with van der Waals surface area (Å²) in [5.74, 6) is 1.07. The molecule has 1 atom stereocenters. The third-order valence-corrected chi connectivity index (χ3v) is 3.18. The van der Waals surface area contributed by atoms with Crippen molar-refractivity contribution in [2.45, 2.75) is 26.5 Å². The van der Waals surface area contributed by atoms with Gasteiger partial charge in [0, 0.05) is 12.7 Å². The number of aliphatic imine (C=N–C) groups is 1. The number of nitrogens with zero attached hydrogens (tertiary/aromatic N) is 2. The fourth-order valence-corrected chi connectivity index (χ4v) is 2.02. The molecule has 1 aromatic heterocycles. The SMILES string of the molecule is CCNC(=NCc1ccccn1)NCC(C)Oc1ccc(F)cc1. The van der Waals surface area contributed by atoms with Crippen LogP contribution >= 0.6 is 0 Å². The molecule has 0 aliphatic heterocycles. The van der Waals surface area contributed by atoms with Gasteiger partial charge in [-0.05, 0) is 50.2 Å². The summed E-state index contributed by atoms with van der Waals surface area (Å²) >= 11 is 0. The zero-order valence-corrected chi connectivity index (χ0v) is 14.0. The minimum absolute atomic E-state index is 0.0887. The number of nitrogens with one attached hydrogen (secondary N) is 2. The highest BCUT2D eigenvalue weighted by Crippen LogP contribution is 2.12. The third-order valence-electron chi connectivity index (χ3n) is 3.18. The number of hydrogen-bond donors (Lipinski definition) is 2. The molecule has 0 aliphatic rings. The summed E-state index contributed by atoms with van der Waals surface area (Å²) in [4.78, 5) is 8.75. The summed E-state index contributed by atoms with van der Waals surface area (Å²) in [7, 11) is 0. The Morgan fingerprint density at radius 1 is 1.21 bits per heavy atom. The van der Waals surface area contributed by atoms with Gasteiger partial charge < -0.3 is 15.4 Å². The molecule has 1 heterocycles. The molecule has 0 fully saturated rings. The second-order valence-electron chi connectivity index (χ2n) is 5.28. The molecule has 0 amide bonds. The molecule has 0 spiro atoms. The molecule has 0 saturated carbocycles. The number of halogens is 1. The molecule has 0 aliphatic carbocycles. The monoisotopic (exact) mass is 330 g/mol. The minimum atomic E-state index is -0.274. The molecule has 2 N–H and O–H groups in total. The topological polar surface area (TPSA) is 58.5 Å². The summed E-state index contributed by atoms with van der Waals surface area (Å²) in [5, 5.41) is 6.42. The zero-order chi connectivity index (χ0) is 17.2. The number of hydrogen-bond acceptors (Lipinski definition) is 3. The lowest BCUT2D eigenvalue weighted by molar-refractivity contribution is 0.223. The van der Waals surface area contributed by atoms with E-state index in [2.05, 4.69) is 20.6 Å². The van der Waals surface area contributed by atoms with E-state index in [-0.39, 0.29) is 11.9 Å². The van der Waals surface area contributed by atoms with Crippen molar-refractivity contribution >= 4 is 5.96 Å². The second-order valence-corrected chi connectivity index (χ2v) is 5.28. The molecular weight excluding hydrogens is 307 g/mol. The Balaban J connectivity index is 1.84. The van der Waals surface area contributed by atoms with Crippen molar-refractivity contribution in [3.63, 3.8) is 0 Å². The van der Waals surface area contributed by atoms with Gasteiger partial charge in [-0.2, -0.15) is 0 Å². The predicted molar refractivity (Wildman–Crippen MR) is 93.5 cm³/mol. The van der Waals surface area contributed by atoms with E-state index >= 15 is 0 Å². The van der Waals surface area contributed by atoms with Crippen LogP contribution in [0.25, 0.3) is 0 Å². The summed E-state index contributed by atoms with van der Waals surface area (Å²) in [5.41, 5.74) is 0.908. The number of guanidine groups is 1. The highest BCUT2D eigenvalue weighted by Gasteiger charge is 2.06. The van der Waals surface area contributed by atoms with Crippen molar-refractivity contribution in [3.05, 3.63) is 60.2 Å². The highest BCUT2D eigenvalue weighted by molar-refractivity contribution is 5.79. The van der Waals surface area contributed by atoms with Gasteiger partial charge in [0.25, 0.3) is 0 Å². The van der Waals surface area contributed by atoms with Gasteiger partial charge in [0.1, 0.15) is 17.7 Å². The maximum atomic E-state index is 12.9. The zero-order valence-electron chi connectivity index (χ0n) is 14.0. The molecule has 5 nitrogen and oxygen atoms in total.